The molecule has 0 unspecified atom stereocenters. The van der Waals surface area contributed by atoms with Crippen molar-refractivity contribution in [1.82, 2.24) is 10.2 Å². The number of nitrogens with one attached hydrogen (secondary N) is 1. The predicted octanol–water partition coefficient (Wildman–Crippen LogP) is 5.53. The average Bonchev–Trinajstić information content (AvgIpc) is 3.43. The molecular weight excluding hydrogens is 403 g/mol. The second-order valence-corrected chi connectivity index (χ2v) is 8.12. The van der Waals surface area contributed by atoms with Gasteiger partial charge < -0.3 is 4.42 Å². The van der Waals surface area contributed by atoms with Crippen molar-refractivity contribution >= 4 is 28.5 Å². The van der Waals surface area contributed by atoms with E-state index in [1.807, 2.05) is 6.07 Å². The first kappa shape index (κ1) is 20.0. The number of carbonyl (C=O) groups is 1. The molecule has 3 aromatic rings. The molecule has 0 saturated heterocycles. The molecule has 1 aromatic carbocycles. The molecule has 4 rings (SSSR count). The molecule has 0 aliphatic heterocycles. The number of anilines is 1. The minimum Gasteiger partial charge on any atom is -0.457 e. The molecule has 1 aliphatic carbocycles. The van der Waals surface area contributed by atoms with Crippen molar-refractivity contribution in [3.63, 3.8) is 0 Å². The molecule has 1 amide bonds. The lowest BCUT2D eigenvalue weighted by molar-refractivity contribution is -0.112. The van der Waals surface area contributed by atoms with Crippen LogP contribution < -0.4 is 5.32 Å². The zero-order valence-corrected chi connectivity index (χ0v) is 16.9. The number of benzene rings is 1. The van der Waals surface area contributed by atoms with Gasteiger partial charge in [-0.2, -0.15) is 5.26 Å². The van der Waals surface area contributed by atoms with Gasteiger partial charge in [0.2, 0.25) is 5.13 Å². The molecule has 30 heavy (non-hydrogen) atoms. The Balaban J connectivity index is 1.45. The van der Waals surface area contributed by atoms with Gasteiger partial charge in [0.15, 0.2) is 0 Å². The third-order valence-electron chi connectivity index (χ3n) is 5.02. The Bertz CT molecular complexity index is 1100. The predicted molar refractivity (Wildman–Crippen MR) is 112 cm³/mol. The average molecular weight is 422 g/mol. The van der Waals surface area contributed by atoms with E-state index in [-0.39, 0.29) is 11.4 Å². The Hall–Kier alpha value is -3.31. The van der Waals surface area contributed by atoms with Crippen molar-refractivity contribution in [2.45, 2.75) is 38.0 Å². The van der Waals surface area contributed by atoms with Crippen LogP contribution in [0.3, 0.4) is 0 Å². The molecule has 1 N–H and O–H groups in total. The first-order valence-electron chi connectivity index (χ1n) is 9.74. The van der Waals surface area contributed by atoms with Crippen LogP contribution in [0.15, 0.2) is 46.4 Å². The maximum atomic E-state index is 13.1. The second kappa shape index (κ2) is 9.01. The van der Waals surface area contributed by atoms with Crippen LogP contribution in [0, 0.1) is 17.1 Å². The molecule has 1 saturated carbocycles. The molecule has 6 nitrogen and oxygen atoms in total. The summed E-state index contributed by atoms with van der Waals surface area (Å²) in [5.74, 6) is 0.364. The fraction of sp³-hybridized carbons (Fsp3) is 0.273. The van der Waals surface area contributed by atoms with Crippen molar-refractivity contribution in [3.8, 4) is 17.4 Å². The van der Waals surface area contributed by atoms with Gasteiger partial charge in [-0.1, -0.05) is 30.6 Å². The van der Waals surface area contributed by atoms with Crippen LogP contribution in [0.25, 0.3) is 17.4 Å². The van der Waals surface area contributed by atoms with Crippen molar-refractivity contribution in [2.24, 2.45) is 0 Å². The van der Waals surface area contributed by atoms with Crippen LogP contribution in [0.4, 0.5) is 9.52 Å². The fourth-order valence-electron chi connectivity index (χ4n) is 3.45. The van der Waals surface area contributed by atoms with Gasteiger partial charge in [-0.25, -0.2) is 4.39 Å². The molecule has 2 aromatic heterocycles. The summed E-state index contributed by atoms with van der Waals surface area (Å²) >= 11 is 1.36. The quantitative estimate of drug-likeness (QED) is 0.431. The van der Waals surface area contributed by atoms with E-state index < -0.39 is 5.91 Å². The normalized spacial score (nSPS) is 15.0. The summed E-state index contributed by atoms with van der Waals surface area (Å²) in [6.45, 7) is 0. The first-order valence-corrected chi connectivity index (χ1v) is 10.6. The summed E-state index contributed by atoms with van der Waals surface area (Å²) in [4.78, 5) is 12.5. The zero-order valence-electron chi connectivity index (χ0n) is 16.1. The van der Waals surface area contributed by atoms with Crippen molar-refractivity contribution in [1.29, 1.82) is 5.26 Å². The number of halogens is 1. The number of rotatable bonds is 5. The Morgan fingerprint density at radius 2 is 1.93 bits per heavy atom. The molecule has 0 spiro atoms. The highest BCUT2D eigenvalue weighted by Crippen LogP contribution is 2.35. The number of amides is 1. The summed E-state index contributed by atoms with van der Waals surface area (Å²) in [6, 6.07) is 11.1. The highest BCUT2D eigenvalue weighted by molar-refractivity contribution is 7.15. The summed E-state index contributed by atoms with van der Waals surface area (Å²) in [5.41, 5.74) is 0.590. The molecule has 0 radical (unpaired) electrons. The van der Waals surface area contributed by atoms with Crippen molar-refractivity contribution < 1.29 is 13.6 Å². The molecule has 1 fully saturated rings. The van der Waals surface area contributed by atoms with E-state index in [2.05, 4.69) is 15.5 Å². The minimum absolute atomic E-state index is 0.107. The van der Waals surface area contributed by atoms with Gasteiger partial charge in [-0.05, 0) is 49.2 Å². The van der Waals surface area contributed by atoms with Gasteiger partial charge in [0, 0.05) is 17.6 Å². The summed E-state index contributed by atoms with van der Waals surface area (Å²) < 4.78 is 18.7. The van der Waals surface area contributed by atoms with Gasteiger partial charge in [-0.15, -0.1) is 10.2 Å². The van der Waals surface area contributed by atoms with E-state index in [9.17, 15) is 14.4 Å². The van der Waals surface area contributed by atoms with Crippen LogP contribution in [0.5, 0.6) is 0 Å². The lowest BCUT2D eigenvalue weighted by Crippen LogP contribution is -2.13. The Morgan fingerprint density at radius 1 is 1.17 bits per heavy atom. The summed E-state index contributed by atoms with van der Waals surface area (Å²) in [6.07, 6.45) is 7.20. The number of furan rings is 1. The largest absolute Gasteiger partial charge is 0.457 e. The van der Waals surface area contributed by atoms with Gasteiger partial charge in [-0.3, -0.25) is 10.1 Å². The van der Waals surface area contributed by atoms with E-state index in [4.69, 9.17) is 4.42 Å². The topological polar surface area (TPSA) is 91.8 Å². The third kappa shape index (κ3) is 4.63. The summed E-state index contributed by atoms with van der Waals surface area (Å²) in [7, 11) is 0. The number of nitrogens with zero attached hydrogens (tertiary/aromatic N) is 3. The monoisotopic (exact) mass is 422 g/mol. The highest BCUT2D eigenvalue weighted by Gasteiger charge is 2.21. The van der Waals surface area contributed by atoms with E-state index >= 15 is 0 Å². The molecule has 2 heterocycles. The van der Waals surface area contributed by atoms with Crippen molar-refractivity contribution in [2.75, 3.05) is 5.32 Å². The first-order chi connectivity index (χ1) is 14.6. The Labute approximate surface area is 177 Å². The number of hydrogen-bond acceptors (Lipinski definition) is 6. The third-order valence-corrected chi connectivity index (χ3v) is 6.02. The van der Waals surface area contributed by atoms with Gasteiger partial charge >= 0.3 is 0 Å². The number of aromatic nitrogens is 2. The molecule has 152 valence electrons. The zero-order chi connectivity index (χ0) is 20.9. The number of hydrogen-bond donors (Lipinski definition) is 1. The SMILES string of the molecule is N#C/C(=C/c1ccc(-c2ccc(F)cc2)o1)C(=O)Nc1nnc(C2CCCCC2)s1. The smallest absolute Gasteiger partial charge is 0.268 e. The maximum absolute atomic E-state index is 13.1. The lowest BCUT2D eigenvalue weighted by atomic mass is 9.90. The van der Waals surface area contributed by atoms with Crippen molar-refractivity contribution in [3.05, 3.63) is 58.6 Å². The standard InChI is InChI=1S/C22H19FN4O2S/c23-17-8-6-14(7-9-17)19-11-10-18(29-19)12-16(13-24)20(28)25-22-27-26-21(30-22)15-4-2-1-3-5-15/h6-12,15H,1-5H2,(H,25,27,28)/b16-12-. The van der Waals surface area contributed by atoms with Crippen LogP contribution in [-0.4, -0.2) is 16.1 Å². The highest BCUT2D eigenvalue weighted by atomic mass is 32.1. The lowest BCUT2D eigenvalue weighted by Gasteiger charge is -2.18. The van der Waals surface area contributed by atoms with E-state index in [1.54, 1.807) is 24.3 Å². The maximum Gasteiger partial charge on any atom is 0.268 e. The molecule has 0 atom stereocenters. The van der Waals surface area contributed by atoms with Crippen LogP contribution in [0.2, 0.25) is 0 Å². The van der Waals surface area contributed by atoms with Crippen LogP contribution in [-0.2, 0) is 4.79 Å². The number of nitriles is 1. The van der Waals surface area contributed by atoms with Gasteiger partial charge in [0.25, 0.3) is 5.91 Å². The second-order valence-electron chi connectivity index (χ2n) is 7.11. The van der Waals surface area contributed by atoms with Crippen LogP contribution in [0.1, 0.15) is 48.8 Å². The van der Waals surface area contributed by atoms with E-state index in [1.165, 1.54) is 48.8 Å². The summed E-state index contributed by atoms with van der Waals surface area (Å²) in [5, 5.41) is 21.6. The Kier molecular flexibility index (Phi) is 6.00. The molecular formula is C22H19FN4O2S. The van der Waals surface area contributed by atoms with Crippen LogP contribution >= 0.6 is 11.3 Å². The Morgan fingerprint density at radius 3 is 2.67 bits per heavy atom. The van der Waals surface area contributed by atoms with Gasteiger partial charge in [0.05, 0.1) is 0 Å². The minimum atomic E-state index is -0.566. The van der Waals surface area contributed by atoms with Gasteiger partial charge in [0.1, 0.15) is 34.0 Å². The molecule has 0 bridgehead atoms. The fourth-order valence-corrected chi connectivity index (χ4v) is 4.36. The van der Waals surface area contributed by atoms with E-state index in [0.717, 1.165) is 17.8 Å². The number of carbonyl (C=O) groups excluding carboxylic acids is 1. The van der Waals surface area contributed by atoms with E-state index in [0.29, 0.717) is 28.1 Å². The molecule has 1 aliphatic rings. The molecule has 8 heteroatoms.